The van der Waals surface area contributed by atoms with E-state index in [1.54, 1.807) is 7.11 Å². The van der Waals surface area contributed by atoms with Crippen molar-refractivity contribution in [3.63, 3.8) is 0 Å². The fraction of sp³-hybridized carbons (Fsp3) is 0.609. The summed E-state index contributed by atoms with van der Waals surface area (Å²) < 4.78 is 5.25. The van der Waals surface area contributed by atoms with Crippen molar-refractivity contribution in [2.24, 2.45) is 5.92 Å². The Hall–Kier alpha value is -2.28. The predicted molar refractivity (Wildman–Crippen MR) is 127 cm³/mol. The molecule has 1 saturated carbocycles. The van der Waals surface area contributed by atoms with E-state index in [0.717, 1.165) is 43.5 Å². The SMILES string of the molecule is COc1ccc(Nc2nc(NC3CCCCCC3)nc(N3CCC(C)CC3)n2)cc1Cl. The molecule has 2 heterocycles. The summed E-state index contributed by atoms with van der Waals surface area (Å²) in [6, 6.07) is 5.99. The maximum absolute atomic E-state index is 6.30. The Kier molecular flexibility index (Phi) is 7.33. The molecule has 0 atom stereocenters. The van der Waals surface area contributed by atoms with E-state index >= 15 is 0 Å². The number of nitrogens with one attached hydrogen (secondary N) is 2. The number of benzene rings is 1. The van der Waals surface area contributed by atoms with Gasteiger partial charge in [-0.25, -0.2) is 0 Å². The van der Waals surface area contributed by atoms with Crippen molar-refractivity contribution < 1.29 is 4.74 Å². The quantitative estimate of drug-likeness (QED) is 0.557. The van der Waals surface area contributed by atoms with Gasteiger partial charge in [-0.1, -0.05) is 44.2 Å². The fourth-order valence-corrected chi connectivity index (χ4v) is 4.57. The lowest BCUT2D eigenvalue weighted by Crippen LogP contribution is -2.34. The van der Waals surface area contributed by atoms with Crippen molar-refractivity contribution in [1.82, 2.24) is 15.0 Å². The average Bonchev–Trinajstić information content (AvgIpc) is 3.03. The van der Waals surface area contributed by atoms with E-state index in [0.29, 0.717) is 28.7 Å². The van der Waals surface area contributed by atoms with Gasteiger partial charge in [-0.3, -0.25) is 0 Å². The molecular formula is C23H33ClN6O. The highest BCUT2D eigenvalue weighted by atomic mass is 35.5. The van der Waals surface area contributed by atoms with E-state index < -0.39 is 0 Å². The molecule has 0 unspecified atom stereocenters. The molecule has 31 heavy (non-hydrogen) atoms. The molecule has 1 aromatic heterocycles. The largest absolute Gasteiger partial charge is 0.495 e. The smallest absolute Gasteiger partial charge is 0.233 e. The van der Waals surface area contributed by atoms with Crippen LogP contribution in [0.5, 0.6) is 5.75 Å². The molecule has 2 aromatic rings. The molecular weight excluding hydrogens is 412 g/mol. The van der Waals surface area contributed by atoms with Crippen LogP contribution in [0.1, 0.15) is 58.3 Å². The van der Waals surface area contributed by atoms with Crippen LogP contribution in [0.4, 0.5) is 23.5 Å². The van der Waals surface area contributed by atoms with E-state index in [9.17, 15) is 0 Å². The van der Waals surface area contributed by atoms with Gasteiger partial charge in [0.05, 0.1) is 12.1 Å². The summed E-state index contributed by atoms with van der Waals surface area (Å²) in [6.07, 6.45) is 9.80. The van der Waals surface area contributed by atoms with E-state index in [1.807, 2.05) is 18.2 Å². The standard InChI is InChI=1S/C23H33ClN6O/c1-16-11-13-30(14-12-16)23-28-21(25-17-7-5-3-4-6-8-17)27-22(29-23)26-18-9-10-20(31-2)19(24)15-18/h9-10,15-17H,3-8,11-14H2,1-2H3,(H2,25,26,27,28,29). The first kappa shape index (κ1) is 21.9. The van der Waals surface area contributed by atoms with Crippen LogP contribution in [0.15, 0.2) is 18.2 Å². The Morgan fingerprint density at radius 3 is 2.35 bits per heavy atom. The third-order valence-corrected chi connectivity index (χ3v) is 6.58. The first-order valence-electron chi connectivity index (χ1n) is 11.5. The Bertz CT molecular complexity index is 863. The summed E-state index contributed by atoms with van der Waals surface area (Å²) in [6.45, 7) is 4.26. The monoisotopic (exact) mass is 444 g/mol. The Morgan fingerprint density at radius 2 is 1.68 bits per heavy atom. The van der Waals surface area contributed by atoms with E-state index in [4.69, 9.17) is 26.3 Å². The van der Waals surface area contributed by atoms with Crippen LogP contribution >= 0.6 is 11.6 Å². The molecule has 1 aliphatic carbocycles. The van der Waals surface area contributed by atoms with Gasteiger partial charge in [-0.15, -0.1) is 0 Å². The molecule has 168 valence electrons. The summed E-state index contributed by atoms with van der Waals surface area (Å²) in [5.41, 5.74) is 0.815. The van der Waals surface area contributed by atoms with Gasteiger partial charge < -0.3 is 20.3 Å². The summed E-state index contributed by atoms with van der Waals surface area (Å²) in [4.78, 5) is 16.5. The molecule has 1 aliphatic heterocycles. The minimum Gasteiger partial charge on any atom is -0.495 e. The second kappa shape index (κ2) is 10.4. The highest BCUT2D eigenvalue weighted by molar-refractivity contribution is 6.32. The number of halogens is 1. The Morgan fingerprint density at radius 1 is 0.968 bits per heavy atom. The Balaban J connectivity index is 1.58. The lowest BCUT2D eigenvalue weighted by molar-refractivity contribution is 0.415. The molecule has 1 aromatic carbocycles. The van der Waals surface area contributed by atoms with Crippen molar-refractivity contribution in [2.45, 2.75) is 64.3 Å². The van der Waals surface area contributed by atoms with Crippen LogP contribution in [-0.2, 0) is 0 Å². The third-order valence-electron chi connectivity index (χ3n) is 6.29. The molecule has 0 radical (unpaired) electrons. The molecule has 0 spiro atoms. The van der Waals surface area contributed by atoms with Crippen LogP contribution in [0.2, 0.25) is 5.02 Å². The minimum absolute atomic E-state index is 0.419. The van der Waals surface area contributed by atoms with Gasteiger partial charge in [-0.2, -0.15) is 15.0 Å². The second-order valence-corrected chi connectivity index (χ2v) is 9.17. The van der Waals surface area contributed by atoms with Crippen molar-refractivity contribution in [2.75, 3.05) is 35.7 Å². The summed E-state index contributed by atoms with van der Waals surface area (Å²) in [5, 5.41) is 7.44. The molecule has 2 fully saturated rings. The van der Waals surface area contributed by atoms with E-state index in [1.165, 1.54) is 38.5 Å². The van der Waals surface area contributed by atoms with Gasteiger partial charge >= 0.3 is 0 Å². The molecule has 0 amide bonds. The lowest BCUT2D eigenvalue weighted by Gasteiger charge is -2.30. The molecule has 1 saturated heterocycles. The summed E-state index contributed by atoms with van der Waals surface area (Å²) >= 11 is 6.30. The third kappa shape index (κ3) is 5.91. The van der Waals surface area contributed by atoms with Crippen LogP contribution in [0.3, 0.4) is 0 Å². The van der Waals surface area contributed by atoms with Gasteiger partial charge in [0.15, 0.2) is 0 Å². The number of rotatable bonds is 6. The molecule has 2 N–H and O–H groups in total. The van der Waals surface area contributed by atoms with Crippen molar-refractivity contribution in [3.8, 4) is 5.75 Å². The van der Waals surface area contributed by atoms with Crippen LogP contribution in [0.25, 0.3) is 0 Å². The normalized spacial score (nSPS) is 18.5. The van der Waals surface area contributed by atoms with Crippen molar-refractivity contribution in [1.29, 1.82) is 0 Å². The van der Waals surface area contributed by atoms with Gasteiger partial charge in [0, 0.05) is 24.8 Å². The number of hydrogen-bond donors (Lipinski definition) is 2. The second-order valence-electron chi connectivity index (χ2n) is 8.76. The molecule has 7 nitrogen and oxygen atoms in total. The van der Waals surface area contributed by atoms with Crippen molar-refractivity contribution >= 4 is 35.1 Å². The molecule has 2 aliphatic rings. The van der Waals surface area contributed by atoms with Gasteiger partial charge in [0.2, 0.25) is 17.8 Å². The number of methoxy groups -OCH3 is 1. The number of ether oxygens (including phenoxy) is 1. The average molecular weight is 445 g/mol. The number of anilines is 4. The Labute approximate surface area is 190 Å². The minimum atomic E-state index is 0.419. The van der Waals surface area contributed by atoms with Gasteiger partial charge in [0.1, 0.15) is 5.75 Å². The topological polar surface area (TPSA) is 75.2 Å². The molecule has 0 bridgehead atoms. The number of aromatic nitrogens is 3. The van der Waals surface area contributed by atoms with Crippen LogP contribution < -0.4 is 20.3 Å². The molecule has 4 rings (SSSR count). The number of piperidine rings is 1. The van der Waals surface area contributed by atoms with E-state index in [-0.39, 0.29) is 0 Å². The zero-order chi connectivity index (χ0) is 21.6. The van der Waals surface area contributed by atoms with E-state index in [2.05, 4.69) is 27.4 Å². The fourth-order valence-electron chi connectivity index (χ4n) is 4.31. The number of hydrogen-bond acceptors (Lipinski definition) is 7. The summed E-state index contributed by atoms with van der Waals surface area (Å²) in [5.74, 6) is 3.31. The highest BCUT2D eigenvalue weighted by Gasteiger charge is 2.21. The van der Waals surface area contributed by atoms with Crippen LogP contribution in [0, 0.1) is 5.92 Å². The van der Waals surface area contributed by atoms with Crippen molar-refractivity contribution in [3.05, 3.63) is 23.2 Å². The van der Waals surface area contributed by atoms with Crippen LogP contribution in [-0.4, -0.2) is 41.2 Å². The van der Waals surface area contributed by atoms with Gasteiger partial charge in [0.25, 0.3) is 0 Å². The predicted octanol–water partition coefficient (Wildman–Crippen LogP) is 5.65. The number of nitrogens with zero attached hydrogens (tertiary/aromatic N) is 4. The zero-order valence-corrected chi connectivity index (χ0v) is 19.3. The first-order chi connectivity index (χ1) is 15.1. The maximum atomic E-state index is 6.30. The first-order valence-corrected chi connectivity index (χ1v) is 11.9. The zero-order valence-electron chi connectivity index (χ0n) is 18.5. The maximum Gasteiger partial charge on any atom is 0.233 e. The highest BCUT2D eigenvalue weighted by Crippen LogP contribution is 2.29. The lowest BCUT2D eigenvalue weighted by atomic mass is 10.00. The molecule has 8 heteroatoms. The summed E-state index contributed by atoms with van der Waals surface area (Å²) in [7, 11) is 1.61. The van der Waals surface area contributed by atoms with Gasteiger partial charge in [-0.05, 0) is 49.8 Å².